The Morgan fingerprint density at radius 1 is 1.30 bits per heavy atom. The lowest BCUT2D eigenvalue weighted by Gasteiger charge is -2.35. The molecule has 0 fully saturated rings. The van der Waals surface area contributed by atoms with Crippen LogP contribution >= 0.6 is 11.3 Å². The predicted octanol–water partition coefficient (Wildman–Crippen LogP) is 4.79. The van der Waals surface area contributed by atoms with E-state index in [2.05, 4.69) is 49.8 Å². The molecule has 0 aliphatic rings. The van der Waals surface area contributed by atoms with Gasteiger partial charge in [-0.3, -0.25) is 0 Å². The van der Waals surface area contributed by atoms with Gasteiger partial charge < -0.3 is 15.4 Å². The summed E-state index contributed by atoms with van der Waals surface area (Å²) in [4.78, 5) is 13.5. The zero-order valence-electron chi connectivity index (χ0n) is 15.6. The second kappa shape index (κ2) is 8.15. The Bertz CT molecular complexity index is 501. The highest BCUT2D eigenvalue weighted by atomic mass is 32.1. The summed E-state index contributed by atoms with van der Waals surface area (Å²) in [6.07, 6.45) is 1.36. The van der Waals surface area contributed by atoms with Gasteiger partial charge >= 0.3 is 6.09 Å². The SMILES string of the molecule is CCC(CC)(CNC(C)c1sccc1C)NC(=O)OC(C)(C)C. The van der Waals surface area contributed by atoms with Crippen molar-refractivity contribution in [3.8, 4) is 0 Å². The van der Waals surface area contributed by atoms with Crippen LogP contribution in [0.1, 0.15) is 70.9 Å². The van der Waals surface area contributed by atoms with E-state index in [1.807, 2.05) is 20.8 Å². The molecule has 23 heavy (non-hydrogen) atoms. The minimum Gasteiger partial charge on any atom is -0.444 e. The third-order valence-electron chi connectivity index (χ3n) is 4.16. The molecule has 0 saturated carbocycles. The molecule has 1 amide bonds. The zero-order valence-corrected chi connectivity index (χ0v) is 16.4. The summed E-state index contributed by atoms with van der Waals surface area (Å²) in [7, 11) is 0. The minimum absolute atomic E-state index is 0.271. The summed E-state index contributed by atoms with van der Waals surface area (Å²) in [6.45, 7) is 14.9. The quantitative estimate of drug-likeness (QED) is 0.750. The van der Waals surface area contributed by atoms with Gasteiger partial charge in [-0.2, -0.15) is 0 Å². The molecule has 0 aliphatic carbocycles. The van der Waals surface area contributed by atoms with Gasteiger partial charge in [0.1, 0.15) is 5.60 Å². The number of carbonyl (C=O) groups excluding carboxylic acids is 1. The fourth-order valence-corrected chi connectivity index (χ4v) is 3.47. The maximum Gasteiger partial charge on any atom is 0.408 e. The topological polar surface area (TPSA) is 50.4 Å². The first kappa shape index (κ1) is 20.0. The maximum absolute atomic E-state index is 12.2. The van der Waals surface area contributed by atoms with Crippen molar-refractivity contribution >= 4 is 17.4 Å². The highest BCUT2D eigenvalue weighted by molar-refractivity contribution is 7.10. The van der Waals surface area contributed by atoms with Crippen LogP contribution in [0.4, 0.5) is 4.79 Å². The molecule has 4 nitrogen and oxygen atoms in total. The number of carbonyl (C=O) groups is 1. The van der Waals surface area contributed by atoms with Crippen LogP contribution in [0.2, 0.25) is 0 Å². The molecule has 1 unspecified atom stereocenters. The summed E-state index contributed by atoms with van der Waals surface area (Å²) in [5.41, 5.74) is 0.544. The van der Waals surface area contributed by atoms with E-state index in [1.165, 1.54) is 10.4 Å². The van der Waals surface area contributed by atoms with Gasteiger partial charge in [-0.15, -0.1) is 11.3 Å². The van der Waals surface area contributed by atoms with Crippen LogP contribution in [0.25, 0.3) is 0 Å². The Labute approximate surface area is 145 Å². The number of hydrogen-bond donors (Lipinski definition) is 2. The first-order valence-corrected chi connectivity index (χ1v) is 9.29. The number of alkyl carbamates (subject to hydrolysis) is 1. The van der Waals surface area contributed by atoms with E-state index >= 15 is 0 Å². The number of rotatable bonds is 7. The molecule has 1 rings (SSSR count). The van der Waals surface area contributed by atoms with Crippen molar-refractivity contribution in [3.63, 3.8) is 0 Å². The van der Waals surface area contributed by atoms with Gasteiger partial charge in [0.25, 0.3) is 0 Å². The van der Waals surface area contributed by atoms with E-state index < -0.39 is 5.60 Å². The zero-order chi connectivity index (χ0) is 17.7. The molecule has 0 saturated heterocycles. The lowest BCUT2D eigenvalue weighted by Crippen LogP contribution is -2.55. The molecule has 2 N–H and O–H groups in total. The molecule has 5 heteroatoms. The molecular formula is C18H32N2O2S. The number of hydrogen-bond acceptors (Lipinski definition) is 4. The summed E-state index contributed by atoms with van der Waals surface area (Å²) in [6, 6.07) is 2.41. The normalized spacial score (nSPS) is 13.7. The molecule has 1 aromatic rings. The molecule has 132 valence electrons. The van der Waals surface area contributed by atoms with E-state index in [0.717, 1.165) is 19.4 Å². The van der Waals surface area contributed by atoms with Crippen LogP contribution in [-0.2, 0) is 4.74 Å². The van der Waals surface area contributed by atoms with E-state index in [9.17, 15) is 4.79 Å². The Balaban J connectivity index is 2.69. The average Bonchev–Trinajstić information content (AvgIpc) is 2.87. The van der Waals surface area contributed by atoms with Crippen molar-refractivity contribution in [2.24, 2.45) is 0 Å². The molecule has 0 aromatic carbocycles. The van der Waals surface area contributed by atoms with Crippen LogP contribution in [0, 0.1) is 6.92 Å². The van der Waals surface area contributed by atoms with E-state index in [4.69, 9.17) is 4.74 Å². The van der Waals surface area contributed by atoms with E-state index in [-0.39, 0.29) is 17.7 Å². The summed E-state index contributed by atoms with van der Waals surface area (Å²) in [5.74, 6) is 0. The number of nitrogens with one attached hydrogen (secondary N) is 2. The first-order chi connectivity index (χ1) is 10.6. The van der Waals surface area contributed by atoms with Crippen molar-refractivity contribution < 1.29 is 9.53 Å². The van der Waals surface area contributed by atoms with Gasteiger partial charge in [-0.25, -0.2) is 4.79 Å². The third kappa shape index (κ3) is 6.15. The molecule has 0 spiro atoms. The van der Waals surface area contributed by atoms with Gasteiger partial charge in [0.05, 0.1) is 5.54 Å². The summed E-state index contributed by atoms with van der Waals surface area (Å²) >= 11 is 1.77. The highest BCUT2D eigenvalue weighted by Gasteiger charge is 2.31. The lowest BCUT2D eigenvalue weighted by molar-refractivity contribution is 0.0444. The molecule has 1 aromatic heterocycles. The molecular weight excluding hydrogens is 308 g/mol. The predicted molar refractivity (Wildman–Crippen MR) is 98.2 cm³/mol. The highest BCUT2D eigenvalue weighted by Crippen LogP contribution is 2.24. The Hall–Kier alpha value is -1.07. The van der Waals surface area contributed by atoms with Gasteiger partial charge in [-0.05, 0) is 64.5 Å². The maximum atomic E-state index is 12.2. The fraction of sp³-hybridized carbons (Fsp3) is 0.722. The van der Waals surface area contributed by atoms with Crippen LogP contribution in [-0.4, -0.2) is 23.8 Å². The molecule has 1 atom stereocenters. The Kier molecular flexibility index (Phi) is 7.08. The molecule has 0 aliphatic heterocycles. The second-order valence-electron chi connectivity index (χ2n) is 7.18. The second-order valence-corrected chi connectivity index (χ2v) is 8.13. The van der Waals surface area contributed by atoms with E-state index in [1.54, 1.807) is 11.3 Å². The Morgan fingerprint density at radius 3 is 2.35 bits per heavy atom. The van der Waals surface area contributed by atoms with E-state index in [0.29, 0.717) is 0 Å². The largest absolute Gasteiger partial charge is 0.444 e. The summed E-state index contributed by atoms with van der Waals surface area (Å²) in [5, 5.41) is 8.78. The van der Waals surface area contributed by atoms with Crippen molar-refractivity contribution in [1.29, 1.82) is 0 Å². The first-order valence-electron chi connectivity index (χ1n) is 8.41. The molecule has 0 bridgehead atoms. The molecule has 1 heterocycles. The van der Waals surface area contributed by atoms with Gasteiger partial charge in [-0.1, -0.05) is 13.8 Å². The van der Waals surface area contributed by atoms with Crippen LogP contribution in [0.15, 0.2) is 11.4 Å². The number of aryl methyl sites for hydroxylation is 1. The molecule has 0 radical (unpaired) electrons. The van der Waals surface area contributed by atoms with Gasteiger partial charge in [0.2, 0.25) is 0 Å². The number of thiophene rings is 1. The fourth-order valence-electron chi connectivity index (χ4n) is 2.51. The van der Waals surface area contributed by atoms with Crippen molar-refractivity contribution in [2.45, 2.75) is 78.5 Å². The number of amides is 1. The monoisotopic (exact) mass is 340 g/mol. The van der Waals surface area contributed by atoms with Crippen molar-refractivity contribution in [1.82, 2.24) is 10.6 Å². The van der Waals surface area contributed by atoms with Gasteiger partial charge in [0, 0.05) is 17.5 Å². The third-order valence-corrected chi connectivity index (χ3v) is 5.36. The Morgan fingerprint density at radius 2 is 1.91 bits per heavy atom. The minimum atomic E-state index is -0.480. The smallest absolute Gasteiger partial charge is 0.408 e. The van der Waals surface area contributed by atoms with Crippen LogP contribution < -0.4 is 10.6 Å². The average molecular weight is 341 g/mol. The van der Waals surface area contributed by atoms with Crippen LogP contribution in [0.5, 0.6) is 0 Å². The van der Waals surface area contributed by atoms with Crippen molar-refractivity contribution in [3.05, 3.63) is 21.9 Å². The van der Waals surface area contributed by atoms with Crippen molar-refractivity contribution in [2.75, 3.05) is 6.54 Å². The lowest BCUT2D eigenvalue weighted by atomic mass is 9.92. The van der Waals surface area contributed by atoms with Crippen LogP contribution in [0.3, 0.4) is 0 Å². The van der Waals surface area contributed by atoms with Gasteiger partial charge in [0.15, 0.2) is 0 Å². The standard InChI is InChI=1S/C18H32N2O2S/c1-8-18(9-2,20-16(21)22-17(5,6)7)12-19-14(4)15-13(3)10-11-23-15/h10-11,14,19H,8-9,12H2,1-7H3,(H,20,21). The summed E-state index contributed by atoms with van der Waals surface area (Å²) < 4.78 is 5.42. The number of ether oxygens (including phenoxy) is 1.